The van der Waals surface area contributed by atoms with Gasteiger partial charge in [0, 0.05) is 6.04 Å². The van der Waals surface area contributed by atoms with Crippen LogP contribution in [-0.4, -0.2) is 11.9 Å². The van der Waals surface area contributed by atoms with Gasteiger partial charge >= 0.3 is 0 Å². The van der Waals surface area contributed by atoms with Gasteiger partial charge in [0.05, 0.1) is 10.0 Å². The van der Waals surface area contributed by atoms with E-state index in [2.05, 4.69) is 21.2 Å². The van der Waals surface area contributed by atoms with E-state index in [0.717, 1.165) is 22.1 Å². The van der Waals surface area contributed by atoms with E-state index in [9.17, 15) is 4.79 Å². The monoisotopic (exact) mass is 351 g/mol. The van der Waals surface area contributed by atoms with Crippen molar-refractivity contribution in [2.45, 2.75) is 52.0 Å². The number of furan rings is 1. The lowest BCUT2D eigenvalue weighted by Crippen LogP contribution is -2.55. The first kappa shape index (κ1) is 13.9. The van der Waals surface area contributed by atoms with Gasteiger partial charge in [0.2, 0.25) is 0 Å². The normalized spacial score (nSPS) is 37.0. The van der Waals surface area contributed by atoms with Gasteiger partial charge < -0.3 is 9.73 Å². The molecule has 114 valence electrons. The first-order chi connectivity index (χ1) is 10.0. The second-order valence-electron chi connectivity index (χ2n) is 7.33. The molecule has 0 spiro atoms. The Morgan fingerprint density at radius 3 is 2.10 bits per heavy atom. The van der Waals surface area contributed by atoms with Gasteiger partial charge in [-0.1, -0.05) is 0 Å². The van der Waals surface area contributed by atoms with Gasteiger partial charge in [0.25, 0.3) is 5.91 Å². The van der Waals surface area contributed by atoms with Crippen LogP contribution in [0.5, 0.6) is 0 Å². The highest BCUT2D eigenvalue weighted by Crippen LogP contribution is 2.53. The Labute approximate surface area is 134 Å². The third-order valence-corrected chi connectivity index (χ3v) is 6.89. The summed E-state index contributed by atoms with van der Waals surface area (Å²) in [5.41, 5.74) is 0.682. The second kappa shape index (κ2) is 4.87. The molecule has 1 amide bonds. The number of amides is 1. The molecule has 4 bridgehead atoms. The zero-order valence-corrected chi connectivity index (χ0v) is 14.2. The van der Waals surface area contributed by atoms with Crippen molar-refractivity contribution in [3.05, 3.63) is 21.6 Å². The SMILES string of the molecule is Cc1oc(C)c(C(=O)NC2C3CC4CC(C3)CC2C4)c1Br. The largest absolute Gasteiger partial charge is 0.465 e. The number of nitrogens with one attached hydrogen (secondary N) is 1. The van der Waals surface area contributed by atoms with Crippen LogP contribution in [-0.2, 0) is 0 Å². The quantitative estimate of drug-likeness (QED) is 0.866. The third-order valence-electron chi connectivity index (χ3n) is 5.94. The molecule has 0 aromatic carbocycles. The third kappa shape index (κ3) is 2.18. The fourth-order valence-corrected chi connectivity index (χ4v) is 5.84. The number of hydrogen-bond donors (Lipinski definition) is 1. The molecule has 4 aliphatic carbocycles. The fraction of sp³-hybridized carbons (Fsp3) is 0.706. The summed E-state index contributed by atoms with van der Waals surface area (Å²) in [6.07, 6.45) is 6.73. The molecular formula is C17H22BrNO2. The minimum absolute atomic E-state index is 0.0358. The second-order valence-corrected chi connectivity index (χ2v) is 8.13. The molecule has 0 saturated heterocycles. The Morgan fingerprint density at radius 2 is 1.62 bits per heavy atom. The number of rotatable bonds is 2. The Hall–Kier alpha value is -0.770. The Balaban J connectivity index is 1.55. The van der Waals surface area contributed by atoms with Gasteiger partial charge in [-0.05, 0) is 85.6 Å². The molecular weight excluding hydrogens is 330 g/mol. The molecule has 0 unspecified atom stereocenters. The molecule has 4 aliphatic rings. The predicted molar refractivity (Wildman–Crippen MR) is 84.2 cm³/mol. The van der Waals surface area contributed by atoms with Crippen molar-refractivity contribution in [2.24, 2.45) is 23.7 Å². The average Bonchev–Trinajstić information content (AvgIpc) is 2.66. The number of carbonyl (C=O) groups is 1. The van der Waals surface area contributed by atoms with Crippen molar-refractivity contribution in [3.8, 4) is 0 Å². The summed E-state index contributed by atoms with van der Waals surface area (Å²) in [5.74, 6) is 4.81. The average molecular weight is 352 g/mol. The van der Waals surface area contributed by atoms with Crippen molar-refractivity contribution < 1.29 is 9.21 Å². The van der Waals surface area contributed by atoms with Crippen LogP contribution in [0.1, 0.15) is 54.0 Å². The van der Waals surface area contributed by atoms with Crippen LogP contribution >= 0.6 is 15.9 Å². The molecule has 4 heteroatoms. The van der Waals surface area contributed by atoms with Crippen LogP contribution in [0.15, 0.2) is 8.89 Å². The molecule has 1 heterocycles. The van der Waals surface area contributed by atoms with E-state index < -0.39 is 0 Å². The van der Waals surface area contributed by atoms with Crippen LogP contribution in [0.25, 0.3) is 0 Å². The minimum Gasteiger partial charge on any atom is -0.465 e. The van der Waals surface area contributed by atoms with E-state index >= 15 is 0 Å². The predicted octanol–water partition coefficient (Wildman–Crippen LogP) is 4.21. The molecule has 1 aromatic heterocycles. The molecule has 0 radical (unpaired) electrons. The molecule has 5 rings (SSSR count). The smallest absolute Gasteiger partial charge is 0.256 e. The van der Waals surface area contributed by atoms with Gasteiger partial charge in [0.1, 0.15) is 11.5 Å². The van der Waals surface area contributed by atoms with E-state index in [1.807, 2.05) is 13.8 Å². The van der Waals surface area contributed by atoms with E-state index in [0.29, 0.717) is 29.2 Å². The molecule has 4 saturated carbocycles. The first-order valence-electron chi connectivity index (χ1n) is 8.09. The van der Waals surface area contributed by atoms with Crippen molar-refractivity contribution in [3.63, 3.8) is 0 Å². The number of halogens is 1. The van der Waals surface area contributed by atoms with Gasteiger partial charge in [-0.25, -0.2) is 0 Å². The standard InChI is InChI=1S/C17H22BrNO2/c1-8-14(15(18)9(2)21-8)17(20)19-16-12-4-10-3-11(6-12)7-13(16)5-10/h10-13,16H,3-7H2,1-2H3,(H,19,20). The summed E-state index contributed by atoms with van der Waals surface area (Å²) in [7, 11) is 0. The van der Waals surface area contributed by atoms with Crippen molar-refractivity contribution >= 4 is 21.8 Å². The fourth-order valence-electron chi connectivity index (χ4n) is 5.30. The summed E-state index contributed by atoms with van der Waals surface area (Å²) >= 11 is 3.49. The lowest BCUT2D eigenvalue weighted by atomic mass is 9.54. The summed E-state index contributed by atoms with van der Waals surface area (Å²) < 4.78 is 6.37. The van der Waals surface area contributed by atoms with E-state index in [1.54, 1.807) is 0 Å². The lowest BCUT2D eigenvalue weighted by Gasteiger charge is -2.54. The Bertz CT molecular complexity index is 564. The molecule has 0 aliphatic heterocycles. The molecule has 4 fully saturated rings. The highest BCUT2D eigenvalue weighted by atomic mass is 79.9. The van der Waals surface area contributed by atoms with Crippen molar-refractivity contribution in [2.75, 3.05) is 0 Å². The van der Waals surface area contributed by atoms with Crippen LogP contribution in [0, 0.1) is 37.5 Å². The van der Waals surface area contributed by atoms with Crippen LogP contribution < -0.4 is 5.32 Å². The van der Waals surface area contributed by atoms with E-state index in [4.69, 9.17) is 4.42 Å². The minimum atomic E-state index is 0.0358. The molecule has 0 atom stereocenters. The topological polar surface area (TPSA) is 42.2 Å². The maximum Gasteiger partial charge on any atom is 0.256 e. The maximum absolute atomic E-state index is 12.7. The van der Waals surface area contributed by atoms with E-state index in [-0.39, 0.29) is 5.91 Å². The number of hydrogen-bond acceptors (Lipinski definition) is 2. The van der Waals surface area contributed by atoms with Gasteiger partial charge in [-0.3, -0.25) is 4.79 Å². The molecule has 3 nitrogen and oxygen atoms in total. The van der Waals surface area contributed by atoms with Gasteiger partial charge in [-0.15, -0.1) is 0 Å². The van der Waals surface area contributed by atoms with Crippen LogP contribution in [0.4, 0.5) is 0 Å². The highest BCUT2D eigenvalue weighted by molar-refractivity contribution is 9.10. The highest BCUT2D eigenvalue weighted by Gasteiger charge is 2.48. The summed E-state index contributed by atoms with van der Waals surface area (Å²) in [4.78, 5) is 12.7. The summed E-state index contributed by atoms with van der Waals surface area (Å²) in [6, 6.07) is 0.381. The van der Waals surface area contributed by atoms with Crippen molar-refractivity contribution in [1.82, 2.24) is 5.32 Å². The van der Waals surface area contributed by atoms with Crippen molar-refractivity contribution in [1.29, 1.82) is 0 Å². The zero-order valence-electron chi connectivity index (χ0n) is 12.6. The summed E-state index contributed by atoms with van der Waals surface area (Å²) in [5, 5.41) is 3.34. The number of aryl methyl sites for hydroxylation is 2. The molecule has 1 N–H and O–H groups in total. The zero-order chi connectivity index (χ0) is 14.7. The molecule has 21 heavy (non-hydrogen) atoms. The van der Waals surface area contributed by atoms with Crippen LogP contribution in [0.2, 0.25) is 0 Å². The summed E-state index contributed by atoms with van der Waals surface area (Å²) in [6.45, 7) is 3.75. The van der Waals surface area contributed by atoms with E-state index in [1.165, 1.54) is 32.1 Å². The lowest BCUT2D eigenvalue weighted by molar-refractivity contribution is -0.0119. The van der Waals surface area contributed by atoms with Gasteiger partial charge in [0.15, 0.2) is 0 Å². The van der Waals surface area contributed by atoms with Crippen LogP contribution in [0.3, 0.4) is 0 Å². The Kier molecular flexibility index (Phi) is 3.21. The first-order valence-corrected chi connectivity index (χ1v) is 8.88. The van der Waals surface area contributed by atoms with Gasteiger partial charge in [-0.2, -0.15) is 0 Å². The maximum atomic E-state index is 12.7. The molecule has 1 aromatic rings. The number of carbonyl (C=O) groups excluding carboxylic acids is 1. The Morgan fingerprint density at radius 1 is 1.05 bits per heavy atom.